The van der Waals surface area contributed by atoms with Gasteiger partial charge in [-0.3, -0.25) is 9.59 Å². The number of hydrazone groups is 1. The molecule has 0 fully saturated rings. The smallest absolute Gasteiger partial charge is 0.329 e. The second-order valence-corrected chi connectivity index (χ2v) is 6.82. The van der Waals surface area contributed by atoms with Gasteiger partial charge < -0.3 is 10.1 Å². The minimum absolute atomic E-state index is 0.242. The van der Waals surface area contributed by atoms with E-state index in [9.17, 15) is 14.0 Å². The molecule has 2 N–H and O–H groups in total. The van der Waals surface area contributed by atoms with Crippen LogP contribution in [0.15, 0.2) is 47.6 Å². The van der Waals surface area contributed by atoms with E-state index in [2.05, 4.69) is 15.8 Å². The van der Waals surface area contributed by atoms with Crippen LogP contribution in [0, 0.1) is 11.7 Å². The third-order valence-corrected chi connectivity index (χ3v) is 3.82. The molecule has 0 saturated carbocycles. The van der Waals surface area contributed by atoms with Gasteiger partial charge >= 0.3 is 11.8 Å². The van der Waals surface area contributed by atoms with Crippen LogP contribution in [-0.2, 0) is 16.2 Å². The second-order valence-electron chi connectivity index (χ2n) is 6.41. The molecular formula is C20H21ClFN3O3. The molecule has 28 heavy (non-hydrogen) atoms. The van der Waals surface area contributed by atoms with Crippen LogP contribution in [0.1, 0.15) is 25.0 Å². The maximum atomic E-state index is 12.9. The van der Waals surface area contributed by atoms with Crippen molar-refractivity contribution in [1.82, 2.24) is 10.7 Å². The van der Waals surface area contributed by atoms with Gasteiger partial charge in [-0.15, -0.1) is 0 Å². The van der Waals surface area contributed by atoms with Gasteiger partial charge in [0.05, 0.1) is 11.2 Å². The molecule has 0 aliphatic heterocycles. The van der Waals surface area contributed by atoms with Gasteiger partial charge in [-0.25, -0.2) is 9.82 Å². The molecule has 2 amide bonds. The first-order valence-corrected chi connectivity index (χ1v) is 9.01. The zero-order valence-corrected chi connectivity index (χ0v) is 16.3. The first kappa shape index (κ1) is 21.4. The third-order valence-electron chi connectivity index (χ3n) is 3.52. The average Bonchev–Trinajstić information content (AvgIpc) is 2.66. The second kappa shape index (κ2) is 10.4. The van der Waals surface area contributed by atoms with Crippen molar-refractivity contribution in [3.63, 3.8) is 0 Å². The number of rotatable bonds is 7. The van der Waals surface area contributed by atoms with E-state index in [0.29, 0.717) is 22.9 Å². The number of nitrogens with zero attached hydrogens (tertiary/aromatic N) is 1. The number of hydrogen-bond donors (Lipinski definition) is 2. The molecule has 0 aromatic heterocycles. The van der Waals surface area contributed by atoms with Gasteiger partial charge in [0.25, 0.3) is 0 Å². The van der Waals surface area contributed by atoms with E-state index in [0.717, 1.165) is 5.56 Å². The van der Waals surface area contributed by atoms with Crippen LogP contribution in [0.2, 0.25) is 5.02 Å². The number of carbonyl (C=O) groups is 2. The molecule has 0 heterocycles. The molecule has 8 heteroatoms. The Labute approximate surface area is 167 Å². The van der Waals surface area contributed by atoms with E-state index in [4.69, 9.17) is 16.3 Å². The van der Waals surface area contributed by atoms with Crippen LogP contribution in [0.5, 0.6) is 5.75 Å². The van der Waals surface area contributed by atoms with Crippen LogP contribution in [-0.4, -0.2) is 24.6 Å². The van der Waals surface area contributed by atoms with Crippen molar-refractivity contribution >= 4 is 29.6 Å². The molecule has 2 aromatic rings. The zero-order valence-electron chi connectivity index (χ0n) is 15.5. The van der Waals surface area contributed by atoms with Crippen molar-refractivity contribution in [2.24, 2.45) is 11.0 Å². The summed E-state index contributed by atoms with van der Waals surface area (Å²) in [6.07, 6.45) is 1.36. The first-order chi connectivity index (χ1) is 13.3. The Bertz CT molecular complexity index is 854. The zero-order chi connectivity index (χ0) is 20.5. The molecule has 0 saturated heterocycles. The fraction of sp³-hybridized carbons (Fsp3) is 0.250. The molecule has 0 radical (unpaired) electrons. The van der Waals surface area contributed by atoms with Crippen LogP contribution in [0.3, 0.4) is 0 Å². The number of hydrogen-bond acceptors (Lipinski definition) is 4. The summed E-state index contributed by atoms with van der Waals surface area (Å²) in [7, 11) is 0. The lowest BCUT2D eigenvalue weighted by Crippen LogP contribution is -2.39. The van der Waals surface area contributed by atoms with Crippen molar-refractivity contribution < 1.29 is 18.7 Å². The Balaban J connectivity index is 1.87. The van der Waals surface area contributed by atoms with Gasteiger partial charge in [0, 0.05) is 6.54 Å². The number of benzene rings is 2. The standard InChI is InChI=1S/C20H21ClFN3O3/c1-13(2)10-23-19(26)20(27)25-24-11-15-5-8-18(17(21)9-15)28-12-14-3-6-16(22)7-4-14/h3-9,11,13H,10,12H2,1-2H3,(H,23,26)(H,25,27)/b24-11-. The Morgan fingerprint density at radius 3 is 2.54 bits per heavy atom. The number of nitrogens with one attached hydrogen (secondary N) is 2. The lowest BCUT2D eigenvalue weighted by molar-refractivity contribution is -0.139. The van der Waals surface area contributed by atoms with Crippen molar-refractivity contribution in [1.29, 1.82) is 0 Å². The Kier molecular flexibility index (Phi) is 7.95. The lowest BCUT2D eigenvalue weighted by atomic mass is 10.2. The number of carbonyl (C=O) groups excluding carboxylic acids is 2. The van der Waals surface area contributed by atoms with E-state index in [1.54, 1.807) is 30.3 Å². The van der Waals surface area contributed by atoms with Gasteiger partial charge in [0.1, 0.15) is 18.2 Å². The van der Waals surface area contributed by atoms with Gasteiger partial charge in [0.2, 0.25) is 0 Å². The number of ether oxygens (including phenoxy) is 1. The summed E-state index contributed by atoms with van der Waals surface area (Å²) in [4.78, 5) is 23.1. The summed E-state index contributed by atoms with van der Waals surface area (Å²) in [6.45, 7) is 4.50. The van der Waals surface area contributed by atoms with Crippen LogP contribution >= 0.6 is 11.6 Å². The van der Waals surface area contributed by atoms with Gasteiger partial charge in [-0.1, -0.05) is 37.6 Å². The normalized spacial score (nSPS) is 10.9. The molecule has 6 nitrogen and oxygen atoms in total. The summed E-state index contributed by atoms with van der Waals surface area (Å²) in [5.41, 5.74) is 3.57. The number of amides is 2. The van der Waals surface area contributed by atoms with Gasteiger partial charge in [0.15, 0.2) is 0 Å². The molecule has 2 aromatic carbocycles. The monoisotopic (exact) mass is 405 g/mol. The molecular weight excluding hydrogens is 385 g/mol. The first-order valence-electron chi connectivity index (χ1n) is 8.63. The minimum Gasteiger partial charge on any atom is -0.487 e. The summed E-state index contributed by atoms with van der Waals surface area (Å²) >= 11 is 6.19. The predicted octanol–water partition coefficient (Wildman–Crippen LogP) is 3.28. The quantitative estimate of drug-likeness (QED) is 0.421. The maximum Gasteiger partial charge on any atom is 0.329 e. The Hall–Kier alpha value is -2.93. The van der Waals surface area contributed by atoms with Crippen LogP contribution in [0.4, 0.5) is 4.39 Å². The third kappa shape index (κ3) is 7.00. The molecule has 0 aliphatic carbocycles. The van der Waals surface area contributed by atoms with E-state index in [-0.39, 0.29) is 18.3 Å². The molecule has 148 valence electrons. The Morgan fingerprint density at radius 1 is 1.18 bits per heavy atom. The van der Waals surface area contributed by atoms with E-state index < -0.39 is 11.8 Å². The fourth-order valence-corrected chi connectivity index (χ4v) is 2.29. The minimum atomic E-state index is -0.845. The average molecular weight is 406 g/mol. The van der Waals surface area contributed by atoms with Crippen molar-refractivity contribution in [2.75, 3.05) is 6.54 Å². The van der Waals surface area contributed by atoms with Gasteiger partial charge in [-0.05, 0) is 47.4 Å². The largest absolute Gasteiger partial charge is 0.487 e. The summed E-state index contributed by atoms with van der Waals surface area (Å²) in [5, 5.41) is 6.59. The molecule has 2 rings (SSSR count). The summed E-state index contributed by atoms with van der Waals surface area (Å²) in [6, 6.07) is 10.9. The fourth-order valence-electron chi connectivity index (χ4n) is 2.05. The highest BCUT2D eigenvalue weighted by molar-refractivity contribution is 6.35. The van der Waals surface area contributed by atoms with Crippen molar-refractivity contribution in [2.45, 2.75) is 20.5 Å². The van der Waals surface area contributed by atoms with Crippen LogP contribution < -0.4 is 15.5 Å². The van der Waals surface area contributed by atoms with Crippen molar-refractivity contribution in [3.05, 3.63) is 64.4 Å². The number of halogens is 2. The van der Waals surface area contributed by atoms with Crippen LogP contribution in [0.25, 0.3) is 0 Å². The maximum absolute atomic E-state index is 12.9. The molecule has 0 spiro atoms. The molecule has 0 unspecified atom stereocenters. The van der Waals surface area contributed by atoms with Gasteiger partial charge in [-0.2, -0.15) is 5.10 Å². The van der Waals surface area contributed by atoms with E-state index in [1.165, 1.54) is 18.3 Å². The SMILES string of the molecule is CC(C)CNC(=O)C(=O)N/N=C\c1ccc(OCc2ccc(F)cc2)c(Cl)c1. The highest BCUT2D eigenvalue weighted by Gasteiger charge is 2.12. The molecule has 0 bridgehead atoms. The molecule has 0 aliphatic rings. The Morgan fingerprint density at radius 2 is 1.89 bits per heavy atom. The van der Waals surface area contributed by atoms with Crippen molar-refractivity contribution in [3.8, 4) is 5.75 Å². The van der Waals surface area contributed by atoms with E-state index in [1.807, 2.05) is 13.8 Å². The lowest BCUT2D eigenvalue weighted by Gasteiger charge is -2.08. The summed E-state index contributed by atoms with van der Waals surface area (Å²) < 4.78 is 18.5. The highest BCUT2D eigenvalue weighted by Crippen LogP contribution is 2.25. The highest BCUT2D eigenvalue weighted by atomic mass is 35.5. The van der Waals surface area contributed by atoms with E-state index >= 15 is 0 Å². The predicted molar refractivity (Wildman–Crippen MR) is 106 cm³/mol. The topological polar surface area (TPSA) is 79.8 Å². The summed E-state index contributed by atoms with van der Waals surface area (Å²) in [5.74, 6) is -1.20. The molecule has 0 atom stereocenters.